The lowest BCUT2D eigenvalue weighted by Gasteiger charge is -2.20. The minimum atomic E-state index is -0.0962. The fourth-order valence-corrected chi connectivity index (χ4v) is 2.70. The van der Waals surface area contributed by atoms with E-state index in [1.165, 1.54) is 0 Å². The molecule has 2 rings (SSSR count). The van der Waals surface area contributed by atoms with Crippen molar-refractivity contribution in [1.29, 1.82) is 0 Å². The first-order valence-electron chi connectivity index (χ1n) is 3.98. The Balaban J connectivity index is 2.64. The molecule has 1 aliphatic carbocycles. The second-order valence-electron chi connectivity index (χ2n) is 3.02. The summed E-state index contributed by atoms with van der Waals surface area (Å²) in [4.78, 5) is 14.6. The molecule has 0 bridgehead atoms. The van der Waals surface area contributed by atoms with E-state index < -0.39 is 0 Å². The molecule has 1 heterocycles. The van der Waals surface area contributed by atoms with Crippen molar-refractivity contribution >= 4 is 53.9 Å². The van der Waals surface area contributed by atoms with Crippen molar-refractivity contribution in [1.82, 2.24) is 4.98 Å². The van der Waals surface area contributed by atoms with Crippen LogP contribution >= 0.6 is 47.8 Å². The second kappa shape index (κ2) is 3.94. The van der Waals surface area contributed by atoms with Crippen LogP contribution in [0.5, 0.6) is 0 Å². The number of rotatable bonds is 0. The monoisotopic (exact) mass is 381 g/mol. The van der Waals surface area contributed by atoms with E-state index in [1.54, 1.807) is 0 Å². The average Bonchev–Trinajstić information content (AvgIpc) is 2.15. The van der Waals surface area contributed by atoms with Gasteiger partial charge in [-0.1, -0.05) is 37.9 Å². The number of allylic oxidation sites excluding steroid dienone is 1. The highest BCUT2D eigenvalue weighted by Gasteiger charge is 2.22. The van der Waals surface area contributed by atoms with Gasteiger partial charge < -0.3 is 4.98 Å². The lowest BCUT2D eigenvalue weighted by Crippen LogP contribution is -2.16. The van der Waals surface area contributed by atoms with E-state index in [1.807, 2.05) is 18.2 Å². The number of H-pyrrole nitrogens is 1. The Morgan fingerprint density at radius 2 is 2.07 bits per heavy atom. The number of aromatic amines is 1. The van der Waals surface area contributed by atoms with Crippen LogP contribution in [-0.2, 0) is 0 Å². The average molecular weight is 384 g/mol. The van der Waals surface area contributed by atoms with Crippen molar-refractivity contribution in [2.75, 3.05) is 0 Å². The molecule has 2 unspecified atom stereocenters. The molecule has 1 aromatic rings. The van der Waals surface area contributed by atoms with Gasteiger partial charge in [-0.05, 0) is 33.6 Å². The number of nitrogens with one attached hydrogen (secondary N) is 1. The van der Waals surface area contributed by atoms with E-state index in [2.05, 4.69) is 52.8 Å². The van der Waals surface area contributed by atoms with E-state index in [0.717, 1.165) is 11.3 Å². The maximum atomic E-state index is 11.3. The van der Waals surface area contributed by atoms with Crippen LogP contribution in [0.25, 0.3) is 6.08 Å². The molecule has 0 saturated heterocycles. The molecule has 1 aliphatic rings. The van der Waals surface area contributed by atoms with Crippen molar-refractivity contribution < 1.29 is 0 Å². The summed E-state index contributed by atoms with van der Waals surface area (Å²) in [5.74, 6) is 0. The zero-order chi connectivity index (χ0) is 10.3. The number of fused-ring (bicyclic) bond motifs is 1. The lowest BCUT2D eigenvalue weighted by atomic mass is 10.0. The summed E-state index contributed by atoms with van der Waals surface area (Å²) in [7, 11) is 0. The summed E-state index contributed by atoms with van der Waals surface area (Å²) in [6.07, 6.45) is 3.92. The molecule has 1 aromatic heterocycles. The fourth-order valence-electron chi connectivity index (χ4n) is 1.36. The Bertz CT molecular complexity index is 452. The van der Waals surface area contributed by atoms with Crippen LogP contribution in [0.4, 0.5) is 0 Å². The molecule has 14 heavy (non-hydrogen) atoms. The van der Waals surface area contributed by atoms with E-state index >= 15 is 0 Å². The van der Waals surface area contributed by atoms with E-state index in [0.29, 0.717) is 4.47 Å². The van der Waals surface area contributed by atoms with Crippen molar-refractivity contribution in [3.63, 3.8) is 0 Å². The first-order chi connectivity index (χ1) is 6.59. The maximum Gasteiger partial charge on any atom is 0.262 e. The van der Waals surface area contributed by atoms with Crippen LogP contribution in [0, 0.1) is 0 Å². The van der Waals surface area contributed by atoms with Crippen LogP contribution < -0.4 is 5.56 Å². The number of pyridine rings is 1. The molecule has 0 aromatic carbocycles. The van der Waals surface area contributed by atoms with Gasteiger partial charge in [-0.3, -0.25) is 4.79 Å². The van der Waals surface area contributed by atoms with E-state index in [4.69, 9.17) is 0 Å². The molecule has 2 nitrogen and oxygen atoms in total. The quantitative estimate of drug-likeness (QED) is 0.685. The first-order valence-corrected chi connectivity index (χ1v) is 6.61. The van der Waals surface area contributed by atoms with Gasteiger partial charge in [-0.25, -0.2) is 0 Å². The predicted octanol–water partition coefficient (Wildman–Crippen LogP) is 3.36. The topological polar surface area (TPSA) is 32.9 Å². The Hall–Kier alpha value is 0.130. The molecular weight excluding hydrogens is 378 g/mol. The van der Waals surface area contributed by atoms with Gasteiger partial charge in [0.15, 0.2) is 0 Å². The fraction of sp³-hybridized carbons (Fsp3) is 0.222. The number of hydrogen-bond donors (Lipinski definition) is 1. The largest absolute Gasteiger partial charge is 0.321 e. The van der Waals surface area contributed by atoms with Crippen LogP contribution in [0.3, 0.4) is 0 Å². The Kier molecular flexibility index (Phi) is 3.00. The van der Waals surface area contributed by atoms with Gasteiger partial charge in [0.25, 0.3) is 5.56 Å². The maximum absolute atomic E-state index is 11.3. The highest BCUT2D eigenvalue weighted by molar-refractivity contribution is 9.12. The number of aromatic nitrogens is 1. The van der Waals surface area contributed by atoms with Crippen molar-refractivity contribution in [3.8, 4) is 0 Å². The molecule has 0 fully saturated rings. The number of alkyl halides is 2. The van der Waals surface area contributed by atoms with Gasteiger partial charge in [-0.2, -0.15) is 0 Å². The van der Waals surface area contributed by atoms with Crippen molar-refractivity contribution in [2.24, 2.45) is 0 Å². The number of hydrogen-bond acceptors (Lipinski definition) is 1. The molecule has 0 spiro atoms. The summed E-state index contributed by atoms with van der Waals surface area (Å²) in [6.45, 7) is 0. The molecular formula is C9H6Br3NO. The highest BCUT2D eigenvalue weighted by atomic mass is 79.9. The molecule has 2 atom stereocenters. The summed E-state index contributed by atoms with van der Waals surface area (Å²) >= 11 is 10.3. The van der Waals surface area contributed by atoms with Gasteiger partial charge in [0, 0.05) is 10.5 Å². The minimum absolute atomic E-state index is 0.0962. The molecule has 0 radical (unpaired) electrons. The lowest BCUT2D eigenvalue weighted by molar-refractivity contribution is 0.969. The molecule has 1 N–H and O–H groups in total. The van der Waals surface area contributed by atoms with Gasteiger partial charge in [-0.15, -0.1) is 0 Å². The van der Waals surface area contributed by atoms with Gasteiger partial charge in [0.05, 0.1) is 9.30 Å². The third kappa shape index (κ3) is 1.77. The zero-order valence-electron chi connectivity index (χ0n) is 6.93. The summed E-state index contributed by atoms with van der Waals surface area (Å²) in [5, 5.41) is 0. The zero-order valence-corrected chi connectivity index (χ0v) is 11.7. The SMILES string of the molecule is O=c1[nH]c2c(cc1Br)C(Br)C(Br)C=C2. The molecule has 0 aliphatic heterocycles. The van der Waals surface area contributed by atoms with Gasteiger partial charge in [0.1, 0.15) is 0 Å². The van der Waals surface area contributed by atoms with Crippen LogP contribution in [0.1, 0.15) is 16.1 Å². The minimum Gasteiger partial charge on any atom is -0.321 e. The highest BCUT2D eigenvalue weighted by Crippen LogP contribution is 2.37. The molecule has 5 heteroatoms. The summed E-state index contributed by atoms with van der Waals surface area (Å²) in [6, 6.07) is 1.85. The van der Waals surface area contributed by atoms with Crippen molar-refractivity contribution in [2.45, 2.75) is 9.65 Å². The van der Waals surface area contributed by atoms with Crippen molar-refractivity contribution in [3.05, 3.63) is 38.2 Å². The normalized spacial score (nSPS) is 24.8. The first kappa shape index (κ1) is 10.6. The molecule has 74 valence electrons. The van der Waals surface area contributed by atoms with Crippen LogP contribution in [-0.4, -0.2) is 9.81 Å². The number of halogens is 3. The van der Waals surface area contributed by atoms with E-state index in [-0.39, 0.29) is 15.2 Å². The van der Waals surface area contributed by atoms with Crippen LogP contribution in [0.15, 0.2) is 21.4 Å². The summed E-state index contributed by atoms with van der Waals surface area (Å²) in [5.41, 5.74) is 1.86. The Morgan fingerprint density at radius 1 is 1.36 bits per heavy atom. The van der Waals surface area contributed by atoms with E-state index in [9.17, 15) is 4.79 Å². The standard InChI is InChI=1S/C9H6Br3NO/c10-5-1-2-7-4(8(5)12)3-6(11)9(14)13-7/h1-3,5,8H,(H,13,14). The summed E-state index contributed by atoms with van der Waals surface area (Å²) < 4.78 is 0.565. The predicted molar refractivity (Wildman–Crippen MR) is 68.2 cm³/mol. The molecule has 0 saturated carbocycles. The van der Waals surface area contributed by atoms with Gasteiger partial charge >= 0.3 is 0 Å². The second-order valence-corrected chi connectivity index (χ2v) is 5.92. The Labute approximate surface area is 106 Å². The molecule has 0 amide bonds. The van der Waals surface area contributed by atoms with Gasteiger partial charge in [0.2, 0.25) is 0 Å². The van der Waals surface area contributed by atoms with Crippen LogP contribution in [0.2, 0.25) is 0 Å². The third-order valence-corrected chi connectivity index (χ3v) is 5.28. The third-order valence-electron chi connectivity index (χ3n) is 2.08. The Morgan fingerprint density at radius 3 is 2.79 bits per heavy atom. The smallest absolute Gasteiger partial charge is 0.262 e.